The van der Waals surface area contributed by atoms with E-state index in [1.54, 1.807) is 12.1 Å². The predicted molar refractivity (Wildman–Crippen MR) is 111 cm³/mol. The number of amides is 1. The summed E-state index contributed by atoms with van der Waals surface area (Å²) in [6, 6.07) is 13.1. The lowest BCUT2D eigenvalue weighted by molar-refractivity contribution is -0.122. The Labute approximate surface area is 173 Å². The molecule has 1 unspecified atom stereocenters. The van der Waals surface area contributed by atoms with E-state index in [0.717, 1.165) is 29.8 Å². The lowest BCUT2D eigenvalue weighted by atomic mass is 10.0. The third kappa shape index (κ3) is 4.23. The Bertz CT molecular complexity index is 894. The van der Waals surface area contributed by atoms with Crippen LogP contribution in [0.5, 0.6) is 0 Å². The molecule has 0 radical (unpaired) electrons. The Balaban J connectivity index is 1.60. The van der Waals surface area contributed by atoms with Crippen molar-refractivity contribution in [1.29, 1.82) is 0 Å². The molecule has 1 atom stereocenters. The number of halogens is 3. The quantitative estimate of drug-likeness (QED) is 0.693. The second kappa shape index (κ2) is 7.70. The number of anilines is 1. The molecule has 2 aliphatic rings. The van der Waals surface area contributed by atoms with E-state index in [2.05, 4.69) is 5.32 Å². The van der Waals surface area contributed by atoms with Crippen LogP contribution in [0.2, 0.25) is 15.1 Å². The SMILES string of the molecule is O=C(NCC1=NN(c2ccc(Cl)cc2Cl)C(c2ccc(Cl)cc2)C1)C1CC1. The molecular weight excluding hydrogens is 405 g/mol. The Morgan fingerprint density at radius 1 is 1.07 bits per heavy atom. The van der Waals surface area contributed by atoms with Crippen molar-refractivity contribution in [2.45, 2.75) is 25.3 Å². The summed E-state index contributed by atoms with van der Waals surface area (Å²) in [6.45, 7) is 0.446. The third-order valence-corrected chi connectivity index (χ3v) is 5.59. The van der Waals surface area contributed by atoms with Crippen molar-refractivity contribution in [3.63, 3.8) is 0 Å². The molecule has 1 saturated carbocycles. The number of hydrazone groups is 1. The van der Waals surface area contributed by atoms with Crippen LogP contribution in [0.15, 0.2) is 47.6 Å². The molecule has 1 aliphatic heterocycles. The molecule has 1 N–H and O–H groups in total. The highest BCUT2D eigenvalue weighted by atomic mass is 35.5. The first-order valence-corrected chi connectivity index (χ1v) is 9.98. The Hall–Kier alpha value is -1.75. The average Bonchev–Trinajstić information content (AvgIpc) is 3.41. The van der Waals surface area contributed by atoms with E-state index in [1.165, 1.54) is 0 Å². The zero-order valence-electron chi connectivity index (χ0n) is 14.5. The molecule has 1 amide bonds. The number of nitrogens with one attached hydrogen (secondary N) is 1. The van der Waals surface area contributed by atoms with Gasteiger partial charge in [-0.2, -0.15) is 5.10 Å². The van der Waals surface area contributed by atoms with E-state index in [-0.39, 0.29) is 17.9 Å². The zero-order valence-corrected chi connectivity index (χ0v) is 16.7. The molecule has 2 aromatic carbocycles. The van der Waals surface area contributed by atoms with Gasteiger partial charge < -0.3 is 5.32 Å². The number of carbonyl (C=O) groups excluding carboxylic acids is 1. The molecule has 27 heavy (non-hydrogen) atoms. The minimum absolute atomic E-state index is 0.0197. The molecular formula is C20H18Cl3N3O. The first-order chi connectivity index (χ1) is 13.0. The number of nitrogens with zero attached hydrogens (tertiary/aromatic N) is 2. The van der Waals surface area contributed by atoms with Gasteiger partial charge in [0.1, 0.15) is 0 Å². The van der Waals surface area contributed by atoms with Gasteiger partial charge in [-0.15, -0.1) is 0 Å². The second-order valence-electron chi connectivity index (χ2n) is 6.87. The van der Waals surface area contributed by atoms with Gasteiger partial charge in [-0.3, -0.25) is 9.80 Å². The van der Waals surface area contributed by atoms with Crippen molar-refractivity contribution >= 4 is 52.1 Å². The van der Waals surface area contributed by atoms with Crippen LogP contribution in [-0.4, -0.2) is 18.2 Å². The van der Waals surface area contributed by atoms with Crippen molar-refractivity contribution in [3.8, 4) is 0 Å². The van der Waals surface area contributed by atoms with Crippen LogP contribution in [0.4, 0.5) is 5.69 Å². The number of hydrogen-bond acceptors (Lipinski definition) is 3. The van der Waals surface area contributed by atoms with Crippen LogP contribution in [0.3, 0.4) is 0 Å². The smallest absolute Gasteiger partial charge is 0.223 e. The second-order valence-corrected chi connectivity index (χ2v) is 8.15. The molecule has 140 valence electrons. The topological polar surface area (TPSA) is 44.7 Å². The first kappa shape index (κ1) is 18.6. The van der Waals surface area contributed by atoms with Crippen LogP contribution >= 0.6 is 34.8 Å². The summed E-state index contributed by atoms with van der Waals surface area (Å²) in [5.74, 6) is 0.296. The minimum Gasteiger partial charge on any atom is -0.350 e. The third-order valence-electron chi connectivity index (χ3n) is 4.80. The first-order valence-electron chi connectivity index (χ1n) is 8.85. The summed E-state index contributed by atoms with van der Waals surface area (Å²) in [5.41, 5.74) is 2.78. The molecule has 2 aromatic rings. The highest BCUT2D eigenvalue weighted by Gasteiger charge is 2.32. The maximum Gasteiger partial charge on any atom is 0.223 e. The van der Waals surface area contributed by atoms with E-state index in [9.17, 15) is 4.79 Å². The van der Waals surface area contributed by atoms with Crippen LogP contribution in [0.1, 0.15) is 30.9 Å². The van der Waals surface area contributed by atoms with Gasteiger partial charge in [-0.05, 0) is 48.7 Å². The summed E-state index contributed by atoms with van der Waals surface area (Å²) in [6.07, 6.45) is 2.67. The van der Waals surface area contributed by atoms with E-state index >= 15 is 0 Å². The number of rotatable bonds is 5. The zero-order chi connectivity index (χ0) is 19.0. The Morgan fingerprint density at radius 3 is 2.44 bits per heavy atom. The van der Waals surface area contributed by atoms with Gasteiger partial charge in [0.15, 0.2) is 0 Å². The van der Waals surface area contributed by atoms with Crippen molar-refractivity contribution in [3.05, 3.63) is 63.1 Å². The Kier molecular flexibility index (Phi) is 5.31. The molecule has 7 heteroatoms. The molecule has 1 heterocycles. The van der Waals surface area contributed by atoms with Gasteiger partial charge in [0.25, 0.3) is 0 Å². The highest BCUT2D eigenvalue weighted by molar-refractivity contribution is 6.36. The van der Waals surface area contributed by atoms with Gasteiger partial charge in [-0.1, -0.05) is 46.9 Å². The standard InChI is InChI=1S/C20H18Cl3N3O/c21-14-5-3-12(4-6-14)19-10-16(11-24-20(27)13-1-2-13)25-26(19)18-8-7-15(22)9-17(18)23/h3-9,13,19H,1-2,10-11H2,(H,24,27). The van der Waals surface area contributed by atoms with Gasteiger partial charge in [0, 0.05) is 22.4 Å². The van der Waals surface area contributed by atoms with Crippen LogP contribution in [-0.2, 0) is 4.79 Å². The number of benzene rings is 2. The summed E-state index contributed by atoms with van der Waals surface area (Å²) in [7, 11) is 0. The van der Waals surface area contributed by atoms with Gasteiger partial charge in [0.05, 0.1) is 29.0 Å². The fourth-order valence-electron chi connectivity index (χ4n) is 3.19. The van der Waals surface area contributed by atoms with E-state index in [0.29, 0.717) is 28.0 Å². The molecule has 0 bridgehead atoms. The highest BCUT2D eigenvalue weighted by Crippen LogP contribution is 2.39. The van der Waals surface area contributed by atoms with E-state index in [4.69, 9.17) is 39.9 Å². The number of hydrogen-bond donors (Lipinski definition) is 1. The molecule has 0 saturated heterocycles. The van der Waals surface area contributed by atoms with Crippen molar-refractivity contribution < 1.29 is 4.79 Å². The summed E-state index contributed by atoms with van der Waals surface area (Å²) >= 11 is 18.5. The lowest BCUT2D eigenvalue weighted by Crippen LogP contribution is -2.30. The van der Waals surface area contributed by atoms with E-state index < -0.39 is 0 Å². The number of carbonyl (C=O) groups is 1. The largest absolute Gasteiger partial charge is 0.350 e. The molecule has 1 fully saturated rings. The maximum atomic E-state index is 12.0. The van der Waals surface area contributed by atoms with Crippen LogP contribution in [0.25, 0.3) is 0 Å². The average molecular weight is 423 g/mol. The fraction of sp³-hybridized carbons (Fsp3) is 0.300. The monoisotopic (exact) mass is 421 g/mol. The molecule has 4 rings (SSSR count). The molecule has 0 aromatic heterocycles. The fourth-order valence-corrected chi connectivity index (χ4v) is 3.81. The molecule has 4 nitrogen and oxygen atoms in total. The summed E-state index contributed by atoms with van der Waals surface area (Å²) in [4.78, 5) is 12.0. The van der Waals surface area contributed by atoms with Gasteiger partial charge in [0.2, 0.25) is 5.91 Å². The normalized spacial score (nSPS) is 19.1. The lowest BCUT2D eigenvalue weighted by Gasteiger charge is -2.25. The van der Waals surface area contributed by atoms with Gasteiger partial charge in [-0.25, -0.2) is 0 Å². The Morgan fingerprint density at radius 2 is 1.78 bits per heavy atom. The van der Waals surface area contributed by atoms with E-state index in [1.807, 2.05) is 35.3 Å². The van der Waals surface area contributed by atoms with Crippen molar-refractivity contribution in [1.82, 2.24) is 5.32 Å². The van der Waals surface area contributed by atoms with Crippen LogP contribution < -0.4 is 10.3 Å². The molecule has 0 spiro atoms. The summed E-state index contributed by atoms with van der Waals surface area (Å²) < 4.78 is 0. The minimum atomic E-state index is -0.0197. The maximum absolute atomic E-state index is 12.0. The van der Waals surface area contributed by atoms with Crippen molar-refractivity contribution in [2.24, 2.45) is 11.0 Å². The molecule has 1 aliphatic carbocycles. The predicted octanol–water partition coefficient (Wildman–Crippen LogP) is 5.48. The van der Waals surface area contributed by atoms with Crippen molar-refractivity contribution in [2.75, 3.05) is 11.6 Å². The summed E-state index contributed by atoms with van der Waals surface area (Å²) in [5, 5.41) is 11.4. The van der Waals surface area contributed by atoms with Gasteiger partial charge >= 0.3 is 0 Å². The van der Waals surface area contributed by atoms with Crippen LogP contribution in [0, 0.1) is 5.92 Å².